The Morgan fingerprint density at radius 1 is 1.33 bits per heavy atom. The molecule has 2 aromatic heterocycles. The number of amides is 3. The fourth-order valence-corrected chi connectivity index (χ4v) is 2.35. The van der Waals surface area contributed by atoms with Crippen LogP contribution in [0.4, 0.5) is 10.6 Å². The van der Waals surface area contributed by atoms with Crippen LogP contribution < -0.4 is 10.2 Å². The fraction of sp³-hybridized carbons (Fsp3) is 0.182. The predicted octanol–water partition coefficient (Wildman–Crippen LogP) is 1.54. The average molecular weight is 309 g/mol. The second-order valence-corrected chi connectivity index (χ2v) is 4.78. The maximum Gasteiger partial charge on any atom is 0.329 e. The summed E-state index contributed by atoms with van der Waals surface area (Å²) in [5, 5.41) is 6.50. The lowest BCUT2D eigenvalue weighted by atomic mass is 10.3. The lowest BCUT2D eigenvalue weighted by molar-refractivity contribution is -0.120. The van der Waals surface area contributed by atoms with Crippen LogP contribution in [-0.2, 0) is 4.79 Å². The molecular formula is C11H9BrN4O2. The number of rotatable bonds is 1. The summed E-state index contributed by atoms with van der Waals surface area (Å²) in [7, 11) is 0. The fourth-order valence-electron chi connectivity index (χ4n) is 1.95. The SMILES string of the molecule is O=C1CCN(c2cccc3c(Br)cnn23)C(=O)N1. The Labute approximate surface area is 111 Å². The molecule has 0 spiro atoms. The van der Waals surface area contributed by atoms with Gasteiger partial charge in [0, 0.05) is 13.0 Å². The molecule has 1 N–H and O–H groups in total. The maximum atomic E-state index is 11.8. The molecule has 18 heavy (non-hydrogen) atoms. The molecule has 0 atom stereocenters. The van der Waals surface area contributed by atoms with E-state index in [0.717, 1.165) is 9.99 Å². The topological polar surface area (TPSA) is 66.7 Å². The third kappa shape index (κ3) is 1.67. The number of fused-ring (bicyclic) bond motifs is 1. The standard InChI is InChI=1S/C11H9BrN4O2/c12-7-6-13-16-8(7)2-1-3-10(16)15-5-4-9(17)14-11(15)18/h1-3,6H,4-5H2,(H,14,17,18). The van der Waals surface area contributed by atoms with Crippen LogP contribution >= 0.6 is 15.9 Å². The molecule has 7 heteroatoms. The number of pyridine rings is 1. The van der Waals surface area contributed by atoms with Crippen LogP contribution in [0.2, 0.25) is 0 Å². The maximum absolute atomic E-state index is 11.8. The Morgan fingerprint density at radius 3 is 2.94 bits per heavy atom. The number of imide groups is 1. The zero-order chi connectivity index (χ0) is 12.7. The first kappa shape index (κ1) is 11.2. The van der Waals surface area contributed by atoms with Crippen molar-refractivity contribution < 1.29 is 9.59 Å². The molecule has 1 fully saturated rings. The molecule has 3 rings (SSSR count). The average Bonchev–Trinajstić information content (AvgIpc) is 2.72. The van der Waals surface area contributed by atoms with Crippen molar-refractivity contribution in [2.45, 2.75) is 6.42 Å². The Bertz CT molecular complexity index is 652. The molecule has 0 saturated carbocycles. The number of carbonyl (C=O) groups is 2. The third-order valence-electron chi connectivity index (χ3n) is 2.81. The van der Waals surface area contributed by atoms with Crippen molar-refractivity contribution in [2.24, 2.45) is 0 Å². The van der Waals surface area contributed by atoms with Gasteiger partial charge in [-0.25, -0.2) is 9.31 Å². The minimum Gasteiger partial charge on any atom is -0.278 e. The van der Waals surface area contributed by atoms with Gasteiger partial charge in [0.2, 0.25) is 5.91 Å². The molecule has 3 heterocycles. The molecule has 0 radical (unpaired) electrons. The quantitative estimate of drug-likeness (QED) is 0.869. The van der Waals surface area contributed by atoms with E-state index in [1.165, 1.54) is 4.90 Å². The van der Waals surface area contributed by atoms with Crippen LogP contribution in [0, 0.1) is 0 Å². The van der Waals surface area contributed by atoms with Crippen LogP contribution in [0.15, 0.2) is 28.9 Å². The second kappa shape index (κ2) is 4.09. The molecule has 0 aromatic carbocycles. The summed E-state index contributed by atoms with van der Waals surface area (Å²) in [5.74, 6) is 0.397. The van der Waals surface area contributed by atoms with Crippen LogP contribution in [0.3, 0.4) is 0 Å². The smallest absolute Gasteiger partial charge is 0.278 e. The Hall–Kier alpha value is -1.89. The number of nitrogens with zero attached hydrogens (tertiary/aromatic N) is 3. The van der Waals surface area contributed by atoms with Gasteiger partial charge in [-0.3, -0.25) is 15.0 Å². The van der Waals surface area contributed by atoms with E-state index in [2.05, 4.69) is 26.3 Å². The number of halogens is 1. The third-order valence-corrected chi connectivity index (χ3v) is 3.42. The summed E-state index contributed by atoms with van der Waals surface area (Å²) in [6.07, 6.45) is 1.97. The second-order valence-electron chi connectivity index (χ2n) is 3.93. The van der Waals surface area contributed by atoms with Crippen molar-refractivity contribution >= 4 is 39.2 Å². The zero-order valence-corrected chi connectivity index (χ0v) is 10.8. The van der Waals surface area contributed by atoms with Crippen molar-refractivity contribution in [3.63, 3.8) is 0 Å². The number of urea groups is 1. The highest BCUT2D eigenvalue weighted by atomic mass is 79.9. The first-order valence-corrected chi connectivity index (χ1v) is 6.20. The molecule has 92 valence electrons. The zero-order valence-electron chi connectivity index (χ0n) is 9.26. The van der Waals surface area contributed by atoms with E-state index in [4.69, 9.17) is 0 Å². The lowest BCUT2D eigenvalue weighted by Crippen LogP contribution is -2.50. The summed E-state index contributed by atoms with van der Waals surface area (Å²) in [5.41, 5.74) is 0.872. The molecule has 0 unspecified atom stereocenters. The molecule has 0 aliphatic carbocycles. The van der Waals surface area contributed by atoms with Gasteiger partial charge < -0.3 is 0 Å². The molecule has 3 amide bonds. The number of hydrogen-bond donors (Lipinski definition) is 1. The van der Waals surface area contributed by atoms with Crippen LogP contribution in [0.25, 0.3) is 5.52 Å². The number of nitrogens with one attached hydrogen (secondary N) is 1. The van der Waals surface area contributed by atoms with Gasteiger partial charge in [0.25, 0.3) is 0 Å². The summed E-state index contributed by atoms with van der Waals surface area (Å²) in [4.78, 5) is 24.4. The number of anilines is 1. The minimum atomic E-state index is -0.412. The van der Waals surface area contributed by atoms with Gasteiger partial charge in [0.05, 0.1) is 16.2 Å². The van der Waals surface area contributed by atoms with Crippen molar-refractivity contribution in [3.8, 4) is 0 Å². The molecule has 1 aliphatic heterocycles. The summed E-state index contributed by atoms with van der Waals surface area (Å²) < 4.78 is 2.53. The van der Waals surface area contributed by atoms with Crippen molar-refractivity contribution in [3.05, 3.63) is 28.9 Å². The van der Waals surface area contributed by atoms with E-state index in [0.29, 0.717) is 18.8 Å². The normalized spacial score (nSPS) is 16.2. The summed E-state index contributed by atoms with van der Waals surface area (Å²) in [6, 6.07) is 5.13. The Morgan fingerprint density at radius 2 is 2.17 bits per heavy atom. The van der Waals surface area contributed by atoms with E-state index in [-0.39, 0.29) is 5.91 Å². The van der Waals surface area contributed by atoms with Gasteiger partial charge in [-0.05, 0) is 28.1 Å². The summed E-state index contributed by atoms with van der Waals surface area (Å²) in [6.45, 7) is 0.362. The number of carbonyl (C=O) groups excluding carboxylic acids is 2. The van der Waals surface area contributed by atoms with Gasteiger partial charge in [0.1, 0.15) is 5.82 Å². The minimum absolute atomic E-state index is 0.245. The molecule has 1 saturated heterocycles. The molecule has 0 bridgehead atoms. The van der Waals surface area contributed by atoms with Gasteiger partial charge in [-0.15, -0.1) is 0 Å². The lowest BCUT2D eigenvalue weighted by Gasteiger charge is -2.26. The molecular weight excluding hydrogens is 300 g/mol. The van der Waals surface area contributed by atoms with Gasteiger partial charge in [-0.1, -0.05) is 6.07 Å². The van der Waals surface area contributed by atoms with E-state index >= 15 is 0 Å². The highest BCUT2D eigenvalue weighted by Crippen LogP contribution is 2.23. The van der Waals surface area contributed by atoms with Gasteiger partial charge >= 0.3 is 6.03 Å². The number of aromatic nitrogens is 2. The molecule has 1 aliphatic rings. The van der Waals surface area contributed by atoms with E-state index in [1.54, 1.807) is 16.8 Å². The van der Waals surface area contributed by atoms with Crippen LogP contribution in [0.5, 0.6) is 0 Å². The van der Waals surface area contributed by atoms with Crippen molar-refractivity contribution in [1.29, 1.82) is 0 Å². The van der Waals surface area contributed by atoms with Gasteiger partial charge in [0.15, 0.2) is 0 Å². The highest BCUT2D eigenvalue weighted by molar-refractivity contribution is 9.10. The first-order valence-electron chi connectivity index (χ1n) is 5.40. The molecule has 6 nitrogen and oxygen atoms in total. The van der Waals surface area contributed by atoms with Gasteiger partial charge in [-0.2, -0.15) is 5.10 Å². The van der Waals surface area contributed by atoms with E-state index in [1.807, 2.05) is 12.1 Å². The number of hydrogen-bond acceptors (Lipinski definition) is 3. The molecule has 2 aromatic rings. The highest BCUT2D eigenvalue weighted by Gasteiger charge is 2.26. The van der Waals surface area contributed by atoms with Crippen LogP contribution in [-0.4, -0.2) is 28.1 Å². The monoisotopic (exact) mass is 308 g/mol. The first-order chi connectivity index (χ1) is 8.66. The van der Waals surface area contributed by atoms with Crippen molar-refractivity contribution in [1.82, 2.24) is 14.9 Å². The largest absolute Gasteiger partial charge is 0.329 e. The van der Waals surface area contributed by atoms with Crippen LogP contribution in [0.1, 0.15) is 6.42 Å². The van der Waals surface area contributed by atoms with Crippen molar-refractivity contribution in [2.75, 3.05) is 11.4 Å². The van der Waals surface area contributed by atoms with E-state index < -0.39 is 6.03 Å². The predicted molar refractivity (Wildman–Crippen MR) is 68.4 cm³/mol. The Balaban J connectivity index is 2.09. The Kier molecular flexibility index (Phi) is 2.55. The van der Waals surface area contributed by atoms with E-state index in [9.17, 15) is 9.59 Å². The summed E-state index contributed by atoms with van der Waals surface area (Å²) >= 11 is 3.39.